The molecule has 4 nitrogen and oxygen atoms in total. The predicted octanol–water partition coefficient (Wildman–Crippen LogP) is 2.89. The lowest BCUT2D eigenvalue weighted by molar-refractivity contribution is 0.118. The first-order valence-electron chi connectivity index (χ1n) is 7.84. The fraction of sp³-hybridized carbons (Fsp3) is 0.706. The van der Waals surface area contributed by atoms with E-state index in [0.29, 0.717) is 6.04 Å². The maximum absolute atomic E-state index is 5.66. The highest BCUT2D eigenvalue weighted by atomic mass is 16.5. The minimum absolute atomic E-state index is 0.124. The Bertz CT molecular complexity index is 481. The average Bonchev–Trinajstić information content (AvgIpc) is 2.81. The van der Waals surface area contributed by atoms with Crippen LogP contribution in [0.4, 0.5) is 5.82 Å². The number of ether oxygens (including phenoxy) is 1. The van der Waals surface area contributed by atoms with Crippen LogP contribution in [0.25, 0.3) is 0 Å². The number of aromatic nitrogens is 1. The molecule has 2 unspecified atom stereocenters. The molecule has 21 heavy (non-hydrogen) atoms. The van der Waals surface area contributed by atoms with Crippen LogP contribution in [0.2, 0.25) is 0 Å². The first kappa shape index (κ1) is 16.2. The van der Waals surface area contributed by atoms with E-state index in [0.717, 1.165) is 31.1 Å². The lowest BCUT2D eigenvalue weighted by atomic mass is 10.1. The van der Waals surface area contributed by atoms with Crippen molar-refractivity contribution in [3.8, 4) is 0 Å². The molecule has 0 aliphatic carbocycles. The Morgan fingerprint density at radius 1 is 1.38 bits per heavy atom. The Balaban J connectivity index is 2.07. The molecule has 1 aromatic rings. The zero-order chi connectivity index (χ0) is 15.6. The van der Waals surface area contributed by atoms with Gasteiger partial charge in [-0.25, -0.2) is 4.98 Å². The number of hydrogen-bond acceptors (Lipinski definition) is 4. The zero-order valence-corrected chi connectivity index (χ0v) is 14.2. The van der Waals surface area contributed by atoms with Gasteiger partial charge < -0.3 is 15.0 Å². The fourth-order valence-electron chi connectivity index (χ4n) is 2.72. The predicted molar refractivity (Wildman–Crippen MR) is 87.8 cm³/mol. The van der Waals surface area contributed by atoms with Crippen molar-refractivity contribution in [2.24, 2.45) is 0 Å². The van der Waals surface area contributed by atoms with Crippen molar-refractivity contribution in [3.63, 3.8) is 0 Å². The standard InChI is InChI=1S/C17H29N3O/c1-12-14(11-18-17(3,4)5)7-8-16(19-12)20(6)15-9-10-21-13(15)2/h7-8,13,15,18H,9-11H2,1-6H3. The highest BCUT2D eigenvalue weighted by Gasteiger charge is 2.28. The van der Waals surface area contributed by atoms with Crippen LogP contribution in [0.15, 0.2) is 12.1 Å². The Morgan fingerprint density at radius 3 is 2.62 bits per heavy atom. The molecule has 0 amide bonds. The third-order valence-electron chi connectivity index (χ3n) is 4.18. The highest BCUT2D eigenvalue weighted by Crippen LogP contribution is 2.23. The van der Waals surface area contributed by atoms with Crippen LogP contribution in [-0.4, -0.2) is 36.3 Å². The number of aryl methyl sites for hydroxylation is 1. The monoisotopic (exact) mass is 291 g/mol. The average molecular weight is 291 g/mol. The minimum Gasteiger partial charge on any atom is -0.376 e. The van der Waals surface area contributed by atoms with E-state index < -0.39 is 0 Å². The van der Waals surface area contributed by atoms with E-state index >= 15 is 0 Å². The van der Waals surface area contributed by atoms with E-state index in [2.05, 4.69) is 64.0 Å². The summed E-state index contributed by atoms with van der Waals surface area (Å²) < 4.78 is 5.66. The summed E-state index contributed by atoms with van der Waals surface area (Å²) in [6.45, 7) is 12.5. The molecule has 2 heterocycles. The highest BCUT2D eigenvalue weighted by molar-refractivity contribution is 5.42. The van der Waals surface area contributed by atoms with E-state index in [4.69, 9.17) is 9.72 Å². The zero-order valence-electron chi connectivity index (χ0n) is 14.2. The summed E-state index contributed by atoms with van der Waals surface area (Å²) in [6.07, 6.45) is 1.35. The quantitative estimate of drug-likeness (QED) is 0.925. The first-order valence-corrected chi connectivity index (χ1v) is 7.84. The van der Waals surface area contributed by atoms with Crippen molar-refractivity contribution >= 4 is 5.82 Å². The Hall–Kier alpha value is -1.13. The van der Waals surface area contributed by atoms with Crippen molar-refractivity contribution in [2.75, 3.05) is 18.6 Å². The van der Waals surface area contributed by atoms with Crippen LogP contribution in [0, 0.1) is 6.92 Å². The maximum Gasteiger partial charge on any atom is 0.128 e. The van der Waals surface area contributed by atoms with Gasteiger partial charge in [-0.15, -0.1) is 0 Å². The third-order valence-corrected chi connectivity index (χ3v) is 4.18. The lowest BCUT2D eigenvalue weighted by Gasteiger charge is -2.28. The van der Waals surface area contributed by atoms with Gasteiger partial charge in [-0.2, -0.15) is 0 Å². The summed E-state index contributed by atoms with van der Waals surface area (Å²) in [6, 6.07) is 4.74. The fourth-order valence-corrected chi connectivity index (χ4v) is 2.72. The van der Waals surface area contributed by atoms with Crippen molar-refractivity contribution in [1.29, 1.82) is 0 Å². The SMILES string of the molecule is Cc1nc(N(C)C2CCOC2C)ccc1CNC(C)(C)C. The van der Waals surface area contributed by atoms with Gasteiger partial charge in [-0.05, 0) is 52.7 Å². The third kappa shape index (κ3) is 4.17. The number of anilines is 1. The molecule has 0 radical (unpaired) electrons. The van der Waals surface area contributed by atoms with Crippen LogP contribution in [0.1, 0.15) is 45.4 Å². The molecule has 1 aliphatic heterocycles. The molecule has 1 saturated heterocycles. The van der Waals surface area contributed by atoms with Gasteiger partial charge in [0.1, 0.15) is 5.82 Å². The van der Waals surface area contributed by atoms with E-state index in [-0.39, 0.29) is 11.6 Å². The number of likely N-dealkylation sites (N-methyl/N-ethyl adjacent to an activating group) is 1. The number of pyridine rings is 1. The van der Waals surface area contributed by atoms with Gasteiger partial charge in [-0.1, -0.05) is 6.07 Å². The molecule has 0 saturated carbocycles. The van der Waals surface area contributed by atoms with E-state index in [1.165, 1.54) is 5.56 Å². The van der Waals surface area contributed by atoms with Crippen molar-refractivity contribution in [1.82, 2.24) is 10.3 Å². The van der Waals surface area contributed by atoms with Gasteiger partial charge in [0.05, 0.1) is 12.1 Å². The molecular weight excluding hydrogens is 262 g/mol. The van der Waals surface area contributed by atoms with Crippen molar-refractivity contribution in [2.45, 2.75) is 65.3 Å². The van der Waals surface area contributed by atoms with E-state index in [1.54, 1.807) is 0 Å². The normalized spacial score (nSPS) is 22.6. The van der Waals surface area contributed by atoms with Gasteiger partial charge in [0.15, 0.2) is 0 Å². The smallest absolute Gasteiger partial charge is 0.128 e. The molecule has 2 rings (SSSR count). The van der Waals surface area contributed by atoms with Crippen molar-refractivity contribution < 1.29 is 4.74 Å². The van der Waals surface area contributed by atoms with E-state index in [9.17, 15) is 0 Å². The summed E-state index contributed by atoms with van der Waals surface area (Å²) >= 11 is 0. The summed E-state index contributed by atoms with van der Waals surface area (Å²) in [5.74, 6) is 1.04. The number of hydrogen-bond donors (Lipinski definition) is 1. The Morgan fingerprint density at radius 2 is 2.10 bits per heavy atom. The van der Waals surface area contributed by atoms with Gasteiger partial charge in [0.2, 0.25) is 0 Å². The molecule has 1 N–H and O–H groups in total. The second-order valence-electron chi connectivity index (χ2n) is 7.06. The summed E-state index contributed by atoms with van der Waals surface area (Å²) in [5.41, 5.74) is 2.49. The number of rotatable bonds is 4. The number of nitrogens with one attached hydrogen (secondary N) is 1. The van der Waals surface area contributed by atoms with Gasteiger partial charge in [0.25, 0.3) is 0 Å². The number of nitrogens with zero attached hydrogens (tertiary/aromatic N) is 2. The van der Waals surface area contributed by atoms with Crippen molar-refractivity contribution in [3.05, 3.63) is 23.4 Å². The van der Waals surface area contributed by atoms with E-state index in [1.807, 2.05) is 0 Å². The topological polar surface area (TPSA) is 37.4 Å². The summed E-state index contributed by atoms with van der Waals surface area (Å²) in [4.78, 5) is 7.04. The van der Waals surface area contributed by atoms with Gasteiger partial charge in [-0.3, -0.25) is 0 Å². The molecule has 2 atom stereocenters. The van der Waals surface area contributed by atoms with Crippen LogP contribution in [-0.2, 0) is 11.3 Å². The van der Waals surface area contributed by atoms with Crippen LogP contribution >= 0.6 is 0 Å². The molecule has 0 bridgehead atoms. The molecular formula is C17H29N3O. The molecule has 1 aromatic heterocycles. The second-order valence-corrected chi connectivity index (χ2v) is 7.06. The summed E-state index contributed by atoms with van der Waals surface area (Å²) in [5, 5.41) is 3.52. The largest absolute Gasteiger partial charge is 0.376 e. The molecule has 0 aromatic carbocycles. The van der Waals surface area contributed by atoms with Crippen LogP contribution < -0.4 is 10.2 Å². The Kier molecular flexibility index (Phi) is 4.89. The molecule has 0 spiro atoms. The molecule has 1 aliphatic rings. The minimum atomic E-state index is 0.124. The second kappa shape index (κ2) is 6.32. The summed E-state index contributed by atoms with van der Waals surface area (Å²) in [7, 11) is 2.12. The Labute approximate surface area is 128 Å². The molecule has 118 valence electrons. The molecule has 4 heteroatoms. The van der Waals surface area contributed by atoms with Gasteiger partial charge in [0, 0.05) is 31.4 Å². The molecule has 1 fully saturated rings. The van der Waals surface area contributed by atoms with Crippen LogP contribution in [0.5, 0.6) is 0 Å². The lowest BCUT2D eigenvalue weighted by Crippen LogP contribution is -2.37. The van der Waals surface area contributed by atoms with Crippen LogP contribution in [0.3, 0.4) is 0 Å². The maximum atomic E-state index is 5.66. The first-order chi connectivity index (χ1) is 9.78. The van der Waals surface area contributed by atoms with Gasteiger partial charge >= 0.3 is 0 Å².